The van der Waals surface area contributed by atoms with Crippen LogP contribution in [0.2, 0.25) is 5.02 Å². The van der Waals surface area contributed by atoms with Crippen LogP contribution in [0.15, 0.2) is 42.5 Å². The predicted molar refractivity (Wildman–Crippen MR) is 110 cm³/mol. The normalized spacial score (nSPS) is 11.0. The number of amides is 1. The van der Waals surface area contributed by atoms with Gasteiger partial charge in [0.15, 0.2) is 0 Å². The van der Waals surface area contributed by atoms with E-state index in [1.54, 1.807) is 42.5 Å². The summed E-state index contributed by atoms with van der Waals surface area (Å²) >= 11 is 6.00. The number of para-hydroxylation sites is 1. The van der Waals surface area contributed by atoms with Gasteiger partial charge in [0, 0.05) is 0 Å². The molecule has 9 heteroatoms. The van der Waals surface area contributed by atoms with E-state index in [1.807, 2.05) is 6.92 Å². The van der Waals surface area contributed by atoms with E-state index in [9.17, 15) is 13.2 Å². The number of ether oxygens (including phenoxy) is 2. The number of benzene rings is 2. The largest absolute Gasteiger partial charge is 0.495 e. The highest BCUT2D eigenvalue weighted by molar-refractivity contribution is 7.92. The molecule has 0 spiro atoms. The van der Waals surface area contributed by atoms with Crippen molar-refractivity contribution in [3.8, 4) is 11.5 Å². The van der Waals surface area contributed by atoms with Crippen LogP contribution in [0.1, 0.15) is 5.56 Å². The van der Waals surface area contributed by atoms with Crippen LogP contribution < -0.4 is 19.1 Å². The summed E-state index contributed by atoms with van der Waals surface area (Å²) in [6.45, 7) is 1.86. The fraction of sp³-hybridized carbons (Fsp3) is 0.316. The summed E-state index contributed by atoms with van der Waals surface area (Å²) < 4.78 is 36.3. The molecule has 0 heterocycles. The zero-order valence-corrected chi connectivity index (χ0v) is 17.5. The second-order valence-corrected chi connectivity index (χ2v) is 8.39. The monoisotopic (exact) mass is 426 g/mol. The number of rotatable bonds is 9. The van der Waals surface area contributed by atoms with Crippen molar-refractivity contribution in [1.29, 1.82) is 0 Å². The number of nitrogens with one attached hydrogen (secondary N) is 1. The maximum atomic E-state index is 12.3. The van der Waals surface area contributed by atoms with Gasteiger partial charge < -0.3 is 14.8 Å². The lowest BCUT2D eigenvalue weighted by molar-refractivity contribution is -0.119. The average Bonchev–Trinajstić information content (AvgIpc) is 2.63. The molecular formula is C19H23ClN2O5S. The highest BCUT2D eigenvalue weighted by atomic mass is 35.5. The molecule has 0 unspecified atom stereocenters. The lowest BCUT2D eigenvalue weighted by Crippen LogP contribution is -2.41. The number of carbonyl (C=O) groups excluding carboxylic acids is 1. The van der Waals surface area contributed by atoms with E-state index in [-0.39, 0.29) is 19.7 Å². The molecule has 0 bridgehead atoms. The molecule has 0 fully saturated rings. The summed E-state index contributed by atoms with van der Waals surface area (Å²) in [6, 6.07) is 12.1. The molecule has 0 radical (unpaired) electrons. The number of methoxy groups -OCH3 is 1. The fourth-order valence-electron chi connectivity index (χ4n) is 2.48. The molecule has 0 aliphatic heterocycles. The molecule has 0 aliphatic carbocycles. The zero-order chi connectivity index (χ0) is 20.7. The summed E-state index contributed by atoms with van der Waals surface area (Å²) in [6.07, 6.45) is 1.04. The van der Waals surface area contributed by atoms with E-state index in [1.165, 1.54) is 7.11 Å². The SMILES string of the molecule is COc1ccc(C)cc1N(CC(=O)NCCOc1ccccc1Cl)S(C)(=O)=O. The van der Waals surface area contributed by atoms with Crippen LogP contribution in [0.5, 0.6) is 11.5 Å². The maximum Gasteiger partial charge on any atom is 0.240 e. The molecule has 0 atom stereocenters. The van der Waals surface area contributed by atoms with E-state index >= 15 is 0 Å². The minimum Gasteiger partial charge on any atom is -0.495 e. The number of hydrogen-bond donors (Lipinski definition) is 1. The first-order valence-corrected chi connectivity index (χ1v) is 10.7. The lowest BCUT2D eigenvalue weighted by Gasteiger charge is -2.24. The van der Waals surface area contributed by atoms with E-state index in [0.717, 1.165) is 16.1 Å². The number of halogens is 1. The van der Waals surface area contributed by atoms with Crippen molar-refractivity contribution in [3.63, 3.8) is 0 Å². The predicted octanol–water partition coefficient (Wildman–Crippen LogP) is 2.62. The number of sulfonamides is 1. The van der Waals surface area contributed by atoms with Crippen molar-refractivity contribution in [2.45, 2.75) is 6.92 Å². The van der Waals surface area contributed by atoms with Crippen LogP contribution in [-0.4, -0.2) is 47.4 Å². The molecule has 28 heavy (non-hydrogen) atoms. The Morgan fingerprint density at radius 1 is 1.18 bits per heavy atom. The highest BCUT2D eigenvalue weighted by Crippen LogP contribution is 2.30. The van der Waals surface area contributed by atoms with Crippen molar-refractivity contribution in [2.75, 3.05) is 37.4 Å². The molecule has 1 N–H and O–H groups in total. The molecule has 0 aliphatic rings. The quantitative estimate of drug-likeness (QED) is 0.623. The van der Waals surface area contributed by atoms with Crippen LogP contribution in [0.4, 0.5) is 5.69 Å². The molecule has 1 amide bonds. The lowest BCUT2D eigenvalue weighted by atomic mass is 10.2. The second-order valence-electron chi connectivity index (χ2n) is 6.07. The summed E-state index contributed by atoms with van der Waals surface area (Å²) in [7, 11) is -2.25. The summed E-state index contributed by atoms with van der Waals surface area (Å²) in [4.78, 5) is 12.3. The Kier molecular flexibility index (Phi) is 7.53. The Morgan fingerprint density at radius 3 is 2.54 bits per heavy atom. The van der Waals surface area contributed by atoms with Crippen LogP contribution in [0.25, 0.3) is 0 Å². The van der Waals surface area contributed by atoms with Crippen LogP contribution in [0, 0.1) is 6.92 Å². The molecule has 0 saturated carbocycles. The molecule has 0 saturated heterocycles. The van der Waals surface area contributed by atoms with Gasteiger partial charge in [-0.05, 0) is 36.8 Å². The second kappa shape index (κ2) is 9.66. The van der Waals surface area contributed by atoms with Crippen molar-refractivity contribution in [2.24, 2.45) is 0 Å². The summed E-state index contributed by atoms with van der Waals surface area (Å²) in [5, 5.41) is 3.12. The number of hydrogen-bond acceptors (Lipinski definition) is 5. The Balaban J connectivity index is 2.00. The number of carbonyl (C=O) groups is 1. The molecule has 152 valence electrons. The smallest absolute Gasteiger partial charge is 0.240 e. The Morgan fingerprint density at radius 2 is 1.89 bits per heavy atom. The maximum absolute atomic E-state index is 12.3. The van der Waals surface area contributed by atoms with Gasteiger partial charge in [-0.2, -0.15) is 0 Å². The first-order valence-electron chi connectivity index (χ1n) is 8.48. The molecule has 2 aromatic carbocycles. The summed E-state index contributed by atoms with van der Waals surface area (Å²) in [5.74, 6) is 0.420. The third-order valence-corrected chi connectivity index (χ3v) is 5.25. The van der Waals surface area contributed by atoms with Gasteiger partial charge in [0.2, 0.25) is 15.9 Å². The standard InChI is InChI=1S/C19H23ClN2O5S/c1-14-8-9-18(26-2)16(12-14)22(28(3,24)25)13-19(23)21-10-11-27-17-7-5-4-6-15(17)20/h4-9,12H,10-11,13H2,1-3H3,(H,21,23). The first kappa shape index (κ1) is 21.8. The molecule has 2 rings (SSSR count). The van der Waals surface area contributed by atoms with Crippen molar-refractivity contribution in [1.82, 2.24) is 5.32 Å². The molecular weight excluding hydrogens is 404 g/mol. The van der Waals surface area contributed by atoms with Crippen molar-refractivity contribution < 1.29 is 22.7 Å². The molecule has 7 nitrogen and oxygen atoms in total. The average molecular weight is 427 g/mol. The Bertz CT molecular complexity index is 934. The summed E-state index contributed by atoms with van der Waals surface area (Å²) in [5.41, 5.74) is 1.16. The van der Waals surface area contributed by atoms with E-state index in [4.69, 9.17) is 21.1 Å². The van der Waals surface area contributed by atoms with Gasteiger partial charge in [-0.25, -0.2) is 8.42 Å². The van der Waals surface area contributed by atoms with Gasteiger partial charge in [-0.1, -0.05) is 29.8 Å². The topological polar surface area (TPSA) is 84.9 Å². The minimum atomic E-state index is -3.70. The molecule has 0 aromatic heterocycles. The Labute approximate surface area is 170 Å². The van der Waals surface area contributed by atoms with Gasteiger partial charge in [-0.3, -0.25) is 9.10 Å². The van der Waals surface area contributed by atoms with Crippen molar-refractivity contribution >= 4 is 33.2 Å². The van der Waals surface area contributed by atoms with Crippen molar-refractivity contribution in [3.05, 3.63) is 53.1 Å². The number of nitrogens with zero attached hydrogens (tertiary/aromatic N) is 1. The van der Waals surface area contributed by atoms with Gasteiger partial charge in [0.25, 0.3) is 0 Å². The third kappa shape index (κ3) is 6.03. The van der Waals surface area contributed by atoms with Gasteiger partial charge >= 0.3 is 0 Å². The van der Waals surface area contributed by atoms with Gasteiger partial charge in [0.05, 0.1) is 30.6 Å². The number of aryl methyl sites for hydroxylation is 1. The third-order valence-electron chi connectivity index (χ3n) is 3.81. The number of anilines is 1. The van der Waals surface area contributed by atoms with Crippen LogP contribution in [-0.2, 0) is 14.8 Å². The van der Waals surface area contributed by atoms with E-state index in [2.05, 4.69) is 5.32 Å². The Hall–Kier alpha value is -2.45. The van der Waals surface area contributed by atoms with Crippen LogP contribution >= 0.6 is 11.6 Å². The highest BCUT2D eigenvalue weighted by Gasteiger charge is 2.24. The first-order chi connectivity index (χ1) is 13.2. The minimum absolute atomic E-state index is 0.197. The van der Waals surface area contributed by atoms with Crippen LogP contribution in [0.3, 0.4) is 0 Å². The molecule has 2 aromatic rings. The van der Waals surface area contributed by atoms with E-state index in [0.29, 0.717) is 22.2 Å². The van der Waals surface area contributed by atoms with E-state index < -0.39 is 15.9 Å². The fourth-order valence-corrected chi connectivity index (χ4v) is 3.52. The van der Waals surface area contributed by atoms with Gasteiger partial charge in [-0.15, -0.1) is 0 Å². The van der Waals surface area contributed by atoms with Gasteiger partial charge in [0.1, 0.15) is 24.7 Å². The zero-order valence-electron chi connectivity index (χ0n) is 15.9.